The number of rotatable bonds is 2. The first-order chi connectivity index (χ1) is 12.9. The highest BCUT2D eigenvalue weighted by atomic mass is 32.2. The Labute approximate surface area is 156 Å². The van der Waals surface area contributed by atoms with E-state index in [4.69, 9.17) is 16.3 Å². The van der Waals surface area contributed by atoms with Crippen LogP contribution in [0.5, 0.6) is 5.75 Å². The average Bonchev–Trinajstić information content (AvgIpc) is 2.64. The molecule has 0 radical (unpaired) electrons. The van der Waals surface area contributed by atoms with E-state index in [9.17, 15) is 13.0 Å². The Hall–Kier alpha value is -3.10. The zero-order valence-electron chi connectivity index (χ0n) is 14.1. The normalized spacial score (nSPS) is 22.6. The zero-order chi connectivity index (χ0) is 19.2. The highest BCUT2D eigenvalue weighted by Gasteiger charge is 2.38. The summed E-state index contributed by atoms with van der Waals surface area (Å²) in [4.78, 5) is -0.134. The van der Waals surface area contributed by atoms with Crippen LogP contribution in [0.1, 0.15) is 17.0 Å². The molecule has 2 unspecified atom stereocenters. The van der Waals surface area contributed by atoms with Crippen molar-refractivity contribution in [1.29, 1.82) is 0 Å². The van der Waals surface area contributed by atoms with Crippen molar-refractivity contribution in [2.24, 2.45) is 16.9 Å². The molecule has 2 aliphatic rings. The average molecular weight is 383 g/mol. The van der Waals surface area contributed by atoms with E-state index < -0.39 is 16.0 Å². The molecule has 4 rings (SSSR count). The molecular formula is C19H17N3O4S. The molecule has 1 aliphatic carbocycles. The first-order valence-corrected chi connectivity index (χ1v) is 9.64. The van der Waals surface area contributed by atoms with E-state index in [-0.39, 0.29) is 10.8 Å². The molecule has 2 atom stereocenters. The SMILES string of the molecule is N/N=C1/C=CC2C(=C1)Oc1cc(N)ccc1C2c1ccccc1S(=O)(=O)O. The van der Waals surface area contributed by atoms with Crippen molar-refractivity contribution in [3.63, 3.8) is 0 Å². The lowest BCUT2D eigenvalue weighted by Gasteiger charge is -2.36. The third-order valence-electron chi connectivity index (χ3n) is 4.73. The molecule has 2 aromatic carbocycles. The van der Waals surface area contributed by atoms with Crippen molar-refractivity contribution in [3.05, 3.63) is 77.6 Å². The van der Waals surface area contributed by atoms with Crippen molar-refractivity contribution in [3.8, 4) is 5.75 Å². The lowest BCUT2D eigenvalue weighted by Crippen LogP contribution is -2.27. The molecule has 2 aromatic rings. The predicted octanol–water partition coefficient (Wildman–Crippen LogP) is 2.42. The Morgan fingerprint density at radius 3 is 2.63 bits per heavy atom. The minimum absolute atomic E-state index is 0.134. The van der Waals surface area contributed by atoms with Crippen molar-refractivity contribution < 1.29 is 17.7 Å². The molecule has 27 heavy (non-hydrogen) atoms. The highest BCUT2D eigenvalue weighted by molar-refractivity contribution is 7.85. The van der Waals surface area contributed by atoms with Crippen LogP contribution in [0.3, 0.4) is 0 Å². The van der Waals surface area contributed by atoms with Crippen LogP contribution in [-0.2, 0) is 10.1 Å². The topological polar surface area (TPSA) is 128 Å². The Bertz CT molecular complexity index is 1120. The summed E-state index contributed by atoms with van der Waals surface area (Å²) in [6.07, 6.45) is 5.33. The number of benzene rings is 2. The standard InChI is InChI=1S/C19H17N3O4S/c20-11-5-7-13-16(9-11)26-17-10-12(22-21)6-8-14(17)19(13)15-3-1-2-4-18(15)27(23,24)25/h1-10,14,19H,20-21H2,(H,23,24,25)/b22-12-. The second kappa shape index (κ2) is 6.26. The monoisotopic (exact) mass is 383 g/mol. The van der Waals surface area contributed by atoms with E-state index in [1.165, 1.54) is 6.07 Å². The van der Waals surface area contributed by atoms with Gasteiger partial charge in [0.05, 0.1) is 10.6 Å². The van der Waals surface area contributed by atoms with Gasteiger partial charge < -0.3 is 16.3 Å². The number of hydrogen-bond donors (Lipinski definition) is 3. The van der Waals surface area contributed by atoms with Crippen LogP contribution in [0.4, 0.5) is 5.69 Å². The van der Waals surface area contributed by atoms with Crippen LogP contribution >= 0.6 is 0 Å². The molecule has 0 saturated carbocycles. The molecule has 0 amide bonds. The van der Waals surface area contributed by atoms with E-state index in [2.05, 4.69) is 5.10 Å². The number of fused-ring (bicyclic) bond motifs is 2. The fraction of sp³-hybridized carbons (Fsp3) is 0.105. The first-order valence-electron chi connectivity index (χ1n) is 8.20. The minimum atomic E-state index is -4.40. The highest BCUT2D eigenvalue weighted by Crippen LogP contribution is 2.48. The number of allylic oxidation sites excluding steroid dienone is 3. The lowest BCUT2D eigenvalue weighted by molar-refractivity contribution is 0.323. The number of hydrazone groups is 1. The van der Waals surface area contributed by atoms with Gasteiger partial charge in [0.25, 0.3) is 10.1 Å². The summed E-state index contributed by atoms with van der Waals surface area (Å²) in [5.41, 5.74) is 8.21. The Kier molecular flexibility index (Phi) is 4.01. The van der Waals surface area contributed by atoms with Crippen LogP contribution in [0, 0.1) is 5.92 Å². The van der Waals surface area contributed by atoms with Crippen molar-refractivity contribution in [2.75, 3.05) is 5.73 Å². The number of nitrogens with two attached hydrogens (primary N) is 2. The van der Waals surface area contributed by atoms with Gasteiger partial charge in [-0.15, -0.1) is 0 Å². The molecule has 1 aliphatic heterocycles. The number of nitrogen functional groups attached to an aromatic ring is 1. The zero-order valence-corrected chi connectivity index (χ0v) is 14.9. The third kappa shape index (κ3) is 2.98. The summed E-state index contributed by atoms with van der Waals surface area (Å²) in [5, 5.41) is 3.68. The molecule has 8 heteroatoms. The summed E-state index contributed by atoms with van der Waals surface area (Å²) in [7, 11) is -4.40. The van der Waals surface area contributed by atoms with Crippen LogP contribution < -0.4 is 16.3 Å². The second-order valence-corrected chi connectivity index (χ2v) is 7.77. The van der Waals surface area contributed by atoms with E-state index in [1.807, 2.05) is 12.1 Å². The number of anilines is 1. The molecule has 0 bridgehead atoms. The second-order valence-electron chi connectivity index (χ2n) is 6.38. The molecule has 1 heterocycles. The third-order valence-corrected chi connectivity index (χ3v) is 5.66. The fourth-order valence-corrected chi connectivity index (χ4v) is 4.33. The summed E-state index contributed by atoms with van der Waals surface area (Å²) in [6, 6.07) is 11.6. The van der Waals surface area contributed by atoms with Gasteiger partial charge in [-0.1, -0.05) is 30.3 Å². The maximum Gasteiger partial charge on any atom is 0.294 e. The molecule has 0 spiro atoms. The van der Waals surface area contributed by atoms with Gasteiger partial charge in [0, 0.05) is 35.2 Å². The van der Waals surface area contributed by atoms with Gasteiger partial charge in [0.15, 0.2) is 0 Å². The lowest BCUT2D eigenvalue weighted by atomic mass is 9.76. The molecule has 7 nitrogen and oxygen atoms in total. The molecular weight excluding hydrogens is 366 g/mol. The fourth-order valence-electron chi connectivity index (χ4n) is 3.59. The molecule has 138 valence electrons. The molecule has 0 saturated heterocycles. The van der Waals surface area contributed by atoms with Crippen molar-refractivity contribution in [1.82, 2.24) is 0 Å². The molecule has 0 aromatic heterocycles. The Morgan fingerprint density at radius 2 is 1.89 bits per heavy atom. The van der Waals surface area contributed by atoms with E-state index in [0.717, 1.165) is 5.56 Å². The maximum atomic E-state index is 12.0. The summed E-state index contributed by atoms with van der Waals surface area (Å²) < 4.78 is 39.6. The van der Waals surface area contributed by atoms with Gasteiger partial charge in [-0.05, 0) is 23.8 Å². The van der Waals surface area contributed by atoms with Gasteiger partial charge in [0.1, 0.15) is 11.5 Å². The molecule has 0 fully saturated rings. The van der Waals surface area contributed by atoms with E-state index in [0.29, 0.717) is 28.5 Å². The Morgan fingerprint density at radius 1 is 1.11 bits per heavy atom. The van der Waals surface area contributed by atoms with Gasteiger partial charge in [0.2, 0.25) is 0 Å². The first kappa shape index (κ1) is 17.3. The van der Waals surface area contributed by atoms with Gasteiger partial charge >= 0.3 is 0 Å². The minimum Gasteiger partial charge on any atom is -0.461 e. The summed E-state index contributed by atoms with van der Waals surface area (Å²) in [6.45, 7) is 0. The van der Waals surface area contributed by atoms with Gasteiger partial charge in [-0.2, -0.15) is 13.5 Å². The van der Waals surface area contributed by atoms with E-state index in [1.54, 1.807) is 42.5 Å². The number of ether oxygens (including phenoxy) is 1. The van der Waals surface area contributed by atoms with Crippen molar-refractivity contribution >= 4 is 21.5 Å². The van der Waals surface area contributed by atoms with Gasteiger partial charge in [-0.25, -0.2) is 0 Å². The summed E-state index contributed by atoms with van der Waals surface area (Å²) in [5.74, 6) is 5.80. The van der Waals surface area contributed by atoms with Crippen LogP contribution in [0.25, 0.3) is 0 Å². The van der Waals surface area contributed by atoms with E-state index >= 15 is 0 Å². The molecule has 5 N–H and O–H groups in total. The van der Waals surface area contributed by atoms with Crippen LogP contribution in [0.2, 0.25) is 0 Å². The largest absolute Gasteiger partial charge is 0.461 e. The predicted molar refractivity (Wildman–Crippen MR) is 102 cm³/mol. The number of nitrogens with zero attached hydrogens (tertiary/aromatic N) is 1. The van der Waals surface area contributed by atoms with Crippen LogP contribution in [0.15, 0.2) is 76.4 Å². The number of hydrogen-bond acceptors (Lipinski definition) is 6. The van der Waals surface area contributed by atoms with Gasteiger partial charge in [-0.3, -0.25) is 4.55 Å². The summed E-state index contributed by atoms with van der Waals surface area (Å²) >= 11 is 0. The smallest absolute Gasteiger partial charge is 0.294 e. The van der Waals surface area contributed by atoms with Crippen molar-refractivity contribution in [2.45, 2.75) is 10.8 Å². The van der Waals surface area contributed by atoms with Crippen LogP contribution in [-0.4, -0.2) is 18.7 Å². The Balaban J connectivity index is 1.98. The maximum absolute atomic E-state index is 12.0. The quantitative estimate of drug-likeness (QED) is 0.316.